The summed E-state index contributed by atoms with van der Waals surface area (Å²) in [6.45, 7) is 0.433. The molecule has 2 bridgehead atoms. The first kappa shape index (κ1) is 25.4. The minimum Gasteiger partial charge on any atom is -0.448 e. The average Bonchev–Trinajstić information content (AvgIpc) is 3.24. The number of carbonyl (C=O) groups excluding carboxylic acids is 1. The van der Waals surface area contributed by atoms with E-state index in [2.05, 4.69) is 12.1 Å². The van der Waals surface area contributed by atoms with Crippen molar-refractivity contribution < 1.29 is 32.5 Å². The SMILES string of the molecule is N#Cc1cc(C(F)(F)F)ccc1C1(O)CC2COCC(C1)N2C(=O)OCC1c2ccccc2-c2ccccc21. The topological polar surface area (TPSA) is 82.8 Å². The Kier molecular flexibility index (Phi) is 6.12. The maximum Gasteiger partial charge on any atom is 0.416 e. The number of aliphatic hydroxyl groups is 1. The Balaban J connectivity index is 1.22. The van der Waals surface area contributed by atoms with Gasteiger partial charge in [-0.25, -0.2) is 4.79 Å². The van der Waals surface area contributed by atoms with Crippen LogP contribution in [-0.2, 0) is 21.3 Å². The van der Waals surface area contributed by atoms with Crippen molar-refractivity contribution in [3.05, 3.63) is 94.5 Å². The second kappa shape index (κ2) is 9.40. The first-order chi connectivity index (χ1) is 18.7. The lowest BCUT2D eigenvalue weighted by Gasteiger charge is -2.51. The molecular formula is C30H25F3N2O4. The molecule has 39 heavy (non-hydrogen) atoms. The van der Waals surface area contributed by atoms with Crippen LogP contribution in [-0.4, -0.2) is 48.0 Å². The van der Waals surface area contributed by atoms with Crippen molar-refractivity contribution in [1.82, 2.24) is 4.90 Å². The predicted octanol–water partition coefficient (Wildman–Crippen LogP) is 5.58. The lowest BCUT2D eigenvalue weighted by Crippen LogP contribution is -2.62. The Morgan fingerprint density at radius 3 is 2.18 bits per heavy atom. The highest BCUT2D eigenvalue weighted by molar-refractivity contribution is 5.79. The zero-order valence-electron chi connectivity index (χ0n) is 20.8. The van der Waals surface area contributed by atoms with E-state index in [9.17, 15) is 28.3 Å². The Hall–Kier alpha value is -3.87. The van der Waals surface area contributed by atoms with Crippen molar-refractivity contribution in [1.29, 1.82) is 5.26 Å². The number of benzene rings is 3. The lowest BCUT2D eigenvalue weighted by atomic mass is 9.75. The molecule has 0 spiro atoms. The van der Waals surface area contributed by atoms with E-state index in [0.717, 1.165) is 34.4 Å². The highest BCUT2D eigenvalue weighted by atomic mass is 19.4. The van der Waals surface area contributed by atoms with Gasteiger partial charge in [0.1, 0.15) is 6.61 Å². The number of amides is 1. The van der Waals surface area contributed by atoms with Gasteiger partial charge >= 0.3 is 12.3 Å². The van der Waals surface area contributed by atoms with Gasteiger partial charge in [0.05, 0.1) is 48.1 Å². The van der Waals surface area contributed by atoms with Gasteiger partial charge in [0.25, 0.3) is 0 Å². The maximum absolute atomic E-state index is 13.4. The second-order valence-corrected chi connectivity index (χ2v) is 10.4. The zero-order chi connectivity index (χ0) is 27.4. The third-order valence-corrected chi connectivity index (χ3v) is 8.07. The fourth-order valence-electron chi connectivity index (χ4n) is 6.38. The van der Waals surface area contributed by atoms with Crippen LogP contribution in [0.1, 0.15) is 46.6 Å². The molecule has 1 aliphatic carbocycles. The molecule has 2 atom stereocenters. The monoisotopic (exact) mass is 534 g/mol. The Morgan fingerprint density at radius 1 is 1.03 bits per heavy atom. The maximum atomic E-state index is 13.4. The number of carbonyl (C=O) groups is 1. The van der Waals surface area contributed by atoms with Crippen LogP contribution in [0.25, 0.3) is 11.1 Å². The molecule has 2 aliphatic heterocycles. The Labute approximate surface area is 223 Å². The summed E-state index contributed by atoms with van der Waals surface area (Å²) in [6.07, 6.45) is -5.11. The first-order valence-corrected chi connectivity index (χ1v) is 12.7. The second-order valence-electron chi connectivity index (χ2n) is 10.4. The fourth-order valence-corrected chi connectivity index (χ4v) is 6.38. The number of morpholine rings is 1. The van der Waals surface area contributed by atoms with Crippen LogP contribution in [0.15, 0.2) is 66.7 Å². The molecule has 6 nitrogen and oxygen atoms in total. The number of piperidine rings is 1. The van der Waals surface area contributed by atoms with Gasteiger partial charge in [-0.2, -0.15) is 18.4 Å². The third kappa shape index (κ3) is 4.34. The molecule has 9 heteroatoms. The number of ether oxygens (including phenoxy) is 2. The van der Waals surface area contributed by atoms with E-state index < -0.39 is 35.5 Å². The van der Waals surface area contributed by atoms with Gasteiger partial charge in [-0.05, 0) is 34.4 Å². The number of halogens is 3. The molecule has 0 aromatic heterocycles. The van der Waals surface area contributed by atoms with E-state index in [1.165, 1.54) is 6.07 Å². The summed E-state index contributed by atoms with van der Waals surface area (Å²) >= 11 is 0. The van der Waals surface area contributed by atoms with Crippen molar-refractivity contribution in [3.8, 4) is 17.2 Å². The standard InChI is InChI=1S/C30H25F3N2O4/c31-30(32,33)19-9-10-27(18(11-19)14-34)29(37)12-20-15-38-16-21(13-29)35(20)28(36)39-17-26-24-7-3-1-5-22(24)23-6-2-4-8-25(23)26/h1-11,20-21,26,37H,12-13,15-17H2. The normalized spacial score (nSPS) is 24.0. The molecule has 3 aliphatic rings. The van der Waals surface area contributed by atoms with Crippen LogP contribution < -0.4 is 0 Å². The van der Waals surface area contributed by atoms with Gasteiger partial charge in [0.2, 0.25) is 0 Å². The Bertz CT molecular complexity index is 1420. The highest BCUT2D eigenvalue weighted by Gasteiger charge is 2.50. The van der Waals surface area contributed by atoms with Gasteiger partial charge in [-0.15, -0.1) is 0 Å². The molecule has 0 saturated carbocycles. The molecule has 2 heterocycles. The minimum absolute atomic E-state index is 0.00768. The van der Waals surface area contributed by atoms with Crippen LogP contribution in [0.4, 0.5) is 18.0 Å². The van der Waals surface area contributed by atoms with Crippen LogP contribution in [0, 0.1) is 11.3 Å². The number of nitriles is 1. The molecule has 2 unspecified atom stereocenters. The third-order valence-electron chi connectivity index (χ3n) is 8.07. The molecule has 6 rings (SSSR count). The van der Waals surface area contributed by atoms with Gasteiger partial charge < -0.3 is 14.6 Å². The van der Waals surface area contributed by atoms with Crippen LogP contribution in [0.2, 0.25) is 0 Å². The van der Waals surface area contributed by atoms with Crippen molar-refractivity contribution >= 4 is 6.09 Å². The van der Waals surface area contributed by atoms with Crippen LogP contribution in [0.3, 0.4) is 0 Å². The van der Waals surface area contributed by atoms with Gasteiger partial charge in [0.15, 0.2) is 0 Å². The predicted molar refractivity (Wildman–Crippen MR) is 135 cm³/mol. The highest BCUT2D eigenvalue weighted by Crippen LogP contribution is 2.46. The molecule has 1 amide bonds. The van der Waals surface area contributed by atoms with E-state index in [1.807, 2.05) is 36.4 Å². The Morgan fingerprint density at radius 2 is 1.62 bits per heavy atom. The number of alkyl halides is 3. The summed E-state index contributed by atoms with van der Waals surface area (Å²) in [6, 6.07) is 19.5. The number of fused-ring (bicyclic) bond motifs is 5. The molecule has 2 fully saturated rings. The molecule has 3 aromatic rings. The average molecular weight is 535 g/mol. The number of nitrogens with zero attached hydrogens (tertiary/aromatic N) is 2. The van der Waals surface area contributed by atoms with Gasteiger partial charge in [0, 0.05) is 24.3 Å². The summed E-state index contributed by atoms with van der Waals surface area (Å²) in [5, 5.41) is 21.2. The van der Waals surface area contributed by atoms with E-state index in [-0.39, 0.29) is 49.7 Å². The fraction of sp³-hybridized carbons (Fsp3) is 0.333. The summed E-state index contributed by atoms with van der Waals surface area (Å²) in [5.74, 6) is -0.107. The summed E-state index contributed by atoms with van der Waals surface area (Å²) in [4.78, 5) is 15.0. The van der Waals surface area contributed by atoms with Crippen molar-refractivity contribution in [2.45, 2.75) is 42.6 Å². The number of rotatable bonds is 3. The van der Waals surface area contributed by atoms with E-state index >= 15 is 0 Å². The molecule has 200 valence electrons. The smallest absolute Gasteiger partial charge is 0.416 e. The molecule has 0 radical (unpaired) electrons. The summed E-state index contributed by atoms with van der Waals surface area (Å²) in [7, 11) is 0. The van der Waals surface area contributed by atoms with Crippen molar-refractivity contribution in [3.63, 3.8) is 0 Å². The van der Waals surface area contributed by atoms with Crippen LogP contribution >= 0.6 is 0 Å². The van der Waals surface area contributed by atoms with E-state index in [0.29, 0.717) is 0 Å². The molecular weight excluding hydrogens is 509 g/mol. The largest absolute Gasteiger partial charge is 0.448 e. The minimum atomic E-state index is -4.61. The molecule has 1 N–H and O–H groups in total. The van der Waals surface area contributed by atoms with Gasteiger partial charge in [-0.1, -0.05) is 54.6 Å². The first-order valence-electron chi connectivity index (χ1n) is 12.7. The summed E-state index contributed by atoms with van der Waals surface area (Å²) in [5.41, 5.74) is 1.77. The molecule has 2 saturated heterocycles. The zero-order valence-corrected chi connectivity index (χ0v) is 20.8. The van der Waals surface area contributed by atoms with Gasteiger partial charge in [-0.3, -0.25) is 4.90 Å². The van der Waals surface area contributed by atoms with Crippen molar-refractivity contribution in [2.24, 2.45) is 0 Å². The number of hydrogen-bond acceptors (Lipinski definition) is 5. The van der Waals surface area contributed by atoms with Crippen LogP contribution in [0.5, 0.6) is 0 Å². The van der Waals surface area contributed by atoms with E-state index in [1.54, 1.807) is 11.0 Å². The van der Waals surface area contributed by atoms with E-state index in [4.69, 9.17) is 9.47 Å². The number of hydrogen-bond donors (Lipinski definition) is 1. The van der Waals surface area contributed by atoms with Crippen molar-refractivity contribution in [2.75, 3.05) is 19.8 Å². The quantitative estimate of drug-likeness (QED) is 0.475. The summed E-state index contributed by atoms with van der Waals surface area (Å²) < 4.78 is 51.1. The molecule has 3 aromatic carbocycles. The lowest BCUT2D eigenvalue weighted by molar-refractivity contribution is -0.139.